The number of piperidine rings is 1. The average molecular weight is 420 g/mol. The SMILES string of the molecule is CC(C)Oc1ccc2c(c1)C(=O)NC1(CCN(C(=O)c3ccc4[nH]ncc4c3)CC1)O2. The number of hydrogen-bond donors (Lipinski definition) is 2. The Kier molecular flexibility index (Phi) is 4.57. The number of amides is 2. The van der Waals surface area contributed by atoms with E-state index in [0.29, 0.717) is 48.6 Å². The molecule has 1 fully saturated rings. The van der Waals surface area contributed by atoms with Crippen LogP contribution in [0, 0.1) is 0 Å². The van der Waals surface area contributed by atoms with Crippen molar-refractivity contribution in [2.45, 2.75) is 38.5 Å². The van der Waals surface area contributed by atoms with Gasteiger partial charge in [0.2, 0.25) is 0 Å². The van der Waals surface area contributed by atoms with E-state index in [4.69, 9.17) is 9.47 Å². The first-order valence-electron chi connectivity index (χ1n) is 10.5. The standard InChI is InChI=1S/C23H24N4O4/c1-14(2)30-17-4-6-20-18(12-17)21(28)25-23(31-20)7-9-27(10-8-23)22(29)15-3-5-19-16(11-15)13-24-26-19/h3-6,11-14H,7-10H2,1-2H3,(H,24,26)(H,25,28). The van der Waals surface area contributed by atoms with Crippen LogP contribution in [0.5, 0.6) is 11.5 Å². The molecule has 1 spiro atoms. The number of aromatic nitrogens is 2. The van der Waals surface area contributed by atoms with Crippen molar-refractivity contribution in [2.24, 2.45) is 0 Å². The molecule has 0 bridgehead atoms. The van der Waals surface area contributed by atoms with Gasteiger partial charge in [-0.25, -0.2) is 0 Å². The van der Waals surface area contributed by atoms with Gasteiger partial charge in [0.25, 0.3) is 11.8 Å². The summed E-state index contributed by atoms with van der Waals surface area (Å²) in [7, 11) is 0. The predicted molar refractivity (Wildman–Crippen MR) is 114 cm³/mol. The number of nitrogens with one attached hydrogen (secondary N) is 2. The molecule has 3 aromatic rings. The van der Waals surface area contributed by atoms with Crippen LogP contribution in [0.2, 0.25) is 0 Å². The van der Waals surface area contributed by atoms with Crippen LogP contribution in [0.3, 0.4) is 0 Å². The Morgan fingerprint density at radius 2 is 2.00 bits per heavy atom. The molecule has 0 radical (unpaired) electrons. The fourth-order valence-corrected chi connectivity index (χ4v) is 4.19. The molecule has 31 heavy (non-hydrogen) atoms. The van der Waals surface area contributed by atoms with Gasteiger partial charge in [0.1, 0.15) is 11.5 Å². The zero-order valence-corrected chi connectivity index (χ0v) is 17.5. The molecule has 8 heteroatoms. The molecule has 1 aromatic heterocycles. The maximum absolute atomic E-state index is 13.0. The minimum absolute atomic E-state index is 0.0213. The summed E-state index contributed by atoms with van der Waals surface area (Å²) in [6.07, 6.45) is 2.76. The van der Waals surface area contributed by atoms with Crippen molar-refractivity contribution in [3.63, 3.8) is 0 Å². The molecule has 0 saturated carbocycles. The van der Waals surface area contributed by atoms with E-state index in [0.717, 1.165) is 10.9 Å². The van der Waals surface area contributed by atoms with Crippen LogP contribution in [0.1, 0.15) is 47.4 Å². The maximum Gasteiger partial charge on any atom is 0.258 e. The number of fused-ring (bicyclic) bond motifs is 2. The smallest absolute Gasteiger partial charge is 0.258 e. The molecule has 0 aliphatic carbocycles. The summed E-state index contributed by atoms with van der Waals surface area (Å²) < 4.78 is 11.9. The van der Waals surface area contributed by atoms with Crippen LogP contribution < -0.4 is 14.8 Å². The van der Waals surface area contributed by atoms with Gasteiger partial charge < -0.3 is 19.7 Å². The average Bonchev–Trinajstić information content (AvgIpc) is 3.22. The van der Waals surface area contributed by atoms with E-state index in [9.17, 15) is 9.59 Å². The molecule has 2 aliphatic rings. The Balaban J connectivity index is 1.29. The highest BCUT2D eigenvalue weighted by Crippen LogP contribution is 2.35. The second kappa shape index (κ2) is 7.30. The van der Waals surface area contributed by atoms with E-state index >= 15 is 0 Å². The van der Waals surface area contributed by atoms with Crippen molar-refractivity contribution < 1.29 is 19.1 Å². The van der Waals surface area contributed by atoms with E-state index in [1.807, 2.05) is 32.0 Å². The van der Waals surface area contributed by atoms with Gasteiger partial charge >= 0.3 is 0 Å². The quantitative estimate of drug-likeness (QED) is 0.679. The number of benzene rings is 2. The van der Waals surface area contributed by atoms with E-state index in [1.54, 1.807) is 29.3 Å². The first-order chi connectivity index (χ1) is 14.9. The zero-order valence-electron chi connectivity index (χ0n) is 17.5. The molecule has 160 valence electrons. The van der Waals surface area contributed by atoms with Crippen molar-refractivity contribution >= 4 is 22.7 Å². The monoisotopic (exact) mass is 420 g/mol. The fourth-order valence-electron chi connectivity index (χ4n) is 4.19. The van der Waals surface area contributed by atoms with Crippen molar-refractivity contribution in [2.75, 3.05) is 13.1 Å². The van der Waals surface area contributed by atoms with Crippen LogP contribution in [0.25, 0.3) is 10.9 Å². The number of H-pyrrole nitrogens is 1. The molecule has 0 unspecified atom stereocenters. The van der Waals surface area contributed by atoms with Crippen LogP contribution in [-0.4, -0.2) is 51.8 Å². The lowest BCUT2D eigenvalue weighted by Crippen LogP contribution is -2.61. The van der Waals surface area contributed by atoms with E-state index in [2.05, 4.69) is 15.5 Å². The first kappa shape index (κ1) is 19.4. The van der Waals surface area contributed by atoms with Crippen LogP contribution >= 0.6 is 0 Å². The highest BCUT2D eigenvalue weighted by molar-refractivity contribution is 5.99. The molecule has 2 aromatic carbocycles. The lowest BCUT2D eigenvalue weighted by molar-refractivity contribution is -0.0246. The van der Waals surface area contributed by atoms with E-state index < -0.39 is 5.72 Å². The van der Waals surface area contributed by atoms with Crippen molar-refractivity contribution in [1.82, 2.24) is 20.4 Å². The second-order valence-corrected chi connectivity index (χ2v) is 8.34. The Bertz CT molecular complexity index is 1160. The fraction of sp³-hybridized carbons (Fsp3) is 0.348. The first-order valence-corrected chi connectivity index (χ1v) is 10.5. The molecular weight excluding hydrogens is 396 g/mol. The third-order valence-electron chi connectivity index (χ3n) is 5.76. The lowest BCUT2D eigenvalue weighted by atomic mass is 9.96. The number of aromatic amines is 1. The van der Waals surface area contributed by atoms with Gasteiger partial charge in [0.15, 0.2) is 5.72 Å². The summed E-state index contributed by atoms with van der Waals surface area (Å²) in [4.78, 5) is 27.6. The summed E-state index contributed by atoms with van der Waals surface area (Å²) in [5, 5.41) is 10.8. The highest BCUT2D eigenvalue weighted by Gasteiger charge is 2.43. The number of nitrogens with zero attached hydrogens (tertiary/aromatic N) is 2. The Morgan fingerprint density at radius 1 is 1.19 bits per heavy atom. The summed E-state index contributed by atoms with van der Waals surface area (Å²) in [6, 6.07) is 10.8. The molecular formula is C23H24N4O4. The molecule has 2 N–H and O–H groups in total. The highest BCUT2D eigenvalue weighted by atomic mass is 16.5. The van der Waals surface area contributed by atoms with Crippen LogP contribution in [0.15, 0.2) is 42.6 Å². The largest absolute Gasteiger partial charge is 0.491 e. The number of carbonyl (C=O) groups excluding carboxylic acids is 2. The summed E-state index contributed by atoms with van der Waals surface area (Å²) in [5.41, 5.74) is 1.20. The summed E-state index contributed by atoms with van der Waals surface area (Å²) in [6.45, 7) is 4.86. The molecule has 2 aliphatic heterocycles. The van der Waals surface area contributed by atoms with Crippen LogP contribution in [-0.2, 0) is 0 Å². The van der Waals surface area contributed by atoms with Gasteiger partial charge in [-0.2, -0.15) is 5.10 Å². The van der Waals surface area contributed by atoms with E-state index in [1.165, 1.54) is 0 Å². The number of carbonyl (C=O) groups is 2. The number of hydrogen-bond acceptors (Lipinski definition) is 5. The third-order valence-corrected chi connectivity index (χ3v) is 5.76. The molecule has 5 rings (SSSR count). The van der Waals surface area contributed by atoms with Gasteiger partial charge in [0.05, 0.1) is 23.4 Å². The maximum atomic E-state index is 13.0. The minimum atomic E-state index is -0.796. The number of ether oxygens (including phenoxy) is 2. The normalized spacial score (nSPS) is 17.4. The molecule has 0 atom stereocenters. The van der Waals surface area contributed by atoms with Gasteiger partial charge in [0, 0.05) is 36.9 Å². The Labute approximate surface area is 179 Å². The van der Waals surface area contributed by atoms with Gasteiger partial charge in [-0.15, -0.1) is 0 Å². The second-order valence-electron chi connectivity index (χ2n) is 8.34. The van der Waals surface area contributed by atoms with Gasteiger partial charge in [-0.05, 0) is 50.2 Å². The lowest BCUT2D eigenvalue weighted by Gasteiger charge is -2.44. The third kappa shape index (κ3) is 3.58. The summed E-state index contributed by atoms with van der Waals surface area (Å²) >= 11 is 0. The van der Waals surface area contributed by atoms with Crippen molar-refractivity contribution in [3.8, 4) is 11.5 Å². The van der Waals surface area contributed by atoms with Crippen molar-refractivity contribution in [3.05, 3.63) is 53.7 Å². The minimum Gasteiger partial charge on any atom is -0.491 e. The Hall–Kier alpha value is -3.55. The van der Waals surface area contributed by atoms with Gasteiger partial charge in [-0.1, -0.05) is 0 Å². The van der Waals surface area contributed by atoms with Crippen molar-refractivity contribution in [1.29, 1.82) is 0 Å². The number of rotatable bonds is 3. The Morgan fingerprint density at radius 3 is 2.77 bits per heavy atom. The van der Waals surface area contributed by atoms with E-state index in [-0.39, 0.29) is 17.9 Å². The molecule has 2 amide bonds. The topological polar surface area (TPSA) is 96.6 Å². The molecule has 3 heterocycles. The number of likely N-dealkylation sites (tertiary alicyclic amines) is 1. The molecule has 1 saturated heterocycles. The van der Waals surface area contributed by atoms with Crippen LogP contribution in [0.4, 0.5) is 0 Å². The van der Waals surface area contributed by atoms with Gasteiger partial charge in [-0.3, -0.25) is 14.7 Å². The molecule has 8 nitrogen and oxygen atoms in total. The zero-order chi connectivity index (χ0) is 21.6. The summed E-state index contributed by atoms with van der Waals surface area (Å²) in [5.74, 6) is 0.972. The predicted octanol–water partition coefficient (Wildman–Crippen LogP) is 3.10.